The van der Waals surface area contributed by atoms with E-state index in [-0.39, 0.29) is 19.0 Å². The van der Waals surface area contributed by atoms with Gasteiger partial charge >= 0.3 is 12.1 Å². The van der Waals surface area contributed by atoms with Crippen molar-refractivity contribution in [2.75, 3.05) is 13.1 Å². The van der Waals surface area contributed by atoms with Crippen LogP contribution in [0.1, 0.15) is 25.0 Å². The molecule has 0 spiro atoms. The number of aliphatic hydroxyl groups is 1. The Balaban J connectivity index is 2.28. The lowest BCUT2D eigenvalue weighted by Crippen LogP contribution is -2.47. The Morgan fingerprint density at radius 1 is 1.24 bits per heavy atom. The van der Waals surface area contributed by atoms with Crippen LogP contribution in [0.5, 0.6) is 0 Å². The number of benzene rings is 1. The maximum atomic E-state index is 12.7. The highest BCUT2D eigenvalue weighted by Crippen LogP contribution is 2.31. The van der Waals surface area contributed by atoms with Crippen LogP contribution in [-0.2, 0) is 27.1 Å². The molecular weight excluding hydrogens is 393 g/mol. The summed E-state index contributed by atoms with van der Waals surface area (Å²) in [5.41, 5.74) is -0.957. The lowest BCUT2D eigenvalue weighted by molar-refractivity contribution is -0.139. The van der Waals surface area contributed by atoms with Crippen molar-refractivity contribution in [3.8, 4) is 0 Å². The van der Waals surface area contributed by atoms with Crippen molar-refractivity contribution in [1.82, 2.24) is 10.2 Å². The van der Waals surface area contributed by atoms with Crippen LogP contribution in [0.15, 0.2) is 35.6 Å². The largest absolute Gasteiger partial charge is 0.511 e. The first-order valence-electron chi connectivity index (χ1n) is 8.80. The lowest BCUT2D eigenvalue weighted by Gasteiger charge is -2.35. The smallest absolute Gasteiger partial charge is 0.416 e. The summed E-state index contributed by atoms with van der Waals surface area (Å²) in [6.45, 7) is 2.83. The van der Waals surface area contributed by atoms with Crippen LogP contribution in [-0.4, -0.2) is 46.0 Å². The zero-order valence-electron chi connectivity index (χ0n) is 15.8. The number of nitrogens with one attached hydrogen (secondary N) is 1. The van der Waals surface area contributed by atoms with Crippen molar-refractivity contribution < 1.29 is 37.8 Å². The molecule has 158 valence electrons. The van der Waals surface area contributed by atoms with E-state index in [1.807, 2.05) is 0 Å². The summed E-state index contributed by atoms with van der Waals surface area (Å²) in [4.78, 5) is 36.9. The first-order valence-corrected chi connectivity index (χ1v) is 8.80. The molecule has 2 rings (SSSR count). The first-order chi connectivity index (χ1) is 13.4. The van der Waals surface area contributed by atoms with Gasteiger partial charge in [-0.2, -0.15) is 13.2 Å². The third kappa shape index (κ3) is 5.27. The quantitative estimate of drug-likeness (QED) is 0.620. The van der Waals surface area contributed by atoms with Crippen LogP contribution in [0.2, 0.25) is 0 Å². The fourth-order valence-electron chi connectivity index (χ4n) is 3.00. The summed E-state index contributed by atoms with van der Waals surface area (Å²) in [6, 6.07) is 4.28. The van der Waals surface area contributed by atoms with Crippen LogP contribution >= 0.6 is 0 Å². The van der Waals surface area contributed by atoms with Crippen LogP contribution in [0, 0.1) is 11.8 Å². The SMILES string of the molecule is CC(C)C1CN(Cc2ccc(C(F)(F)F)cc2)C(=O)C(C(=O)NCC(=O)O)=C1O. The van der Waals surface area contributed by atoms with Crippen molar-refractivity contribution >= 4 is 17.8 Å². The normalized spacial score (nSPS) is 17.7. The molecular formula is C19H21F3N2O5. The first kappa shape index (κ1) is 22.3. The average Bonchev–Trinajstić information content (AvgIpc) is 2.61. The Bertz CT molecular complexity index is 831. The summed E-state index contributed by atoms with van der Waals surface area (Å²) >= 11 is 0. The van der Waals surface area contributed by atoms with Gasteiger partial charge in [0.05, 0.1) is 5.56 Å². The second-order valence-corrected chi connectivity index (χ2v) is 7.07. The van der Waals surface area contributed by atoms with Crippen molar-refractivity contribution in [2.24, 2.45) is 11.8 Å². The van der Waals surface area contributed by atoms with Crippen molar-refractivity contribution in [3.63, 3.8) is 0 Å². The molecule has 1 atom stereocenters. The highest BCUT2D eigenvalue weighted by molar-refractivity contribution is 6.19. The number of hydrogen-bond acceptors (Lipinski definition) is 4. The number of nitrogens with zero attached hydrogens (tertiary/aromatic N) is 1. The lowest BCUT2D eigenvalue weighted by atomic mass is 9.87. The molecule has 7 nitrogen and oxygen atoms in total. The fraction of sp³-hybridized carbons (Fsp3) is 0.421. The molecule has 29 heavy (non-hydrogen) atoms. The minimum atomic E-state index is -4.48. The van der Waals surface area contributed by atoms with Gasteiger partial charge in [0.2, 0.25) is 0 Å². The Morgan fingerprint density at radius 2 is 1.83 bits per heavy atom. The maximum Gasteiger partial charge on any atom is 0.416 e. The van der Waals surface area contributed by atoms with E-state index in [0.29, 0.717) is 5.56 Å². The number of carbonyl (C=O) groups excluding carboxylic acids is 2. The van der Waals surface area contributed by atoms with E-state index in [9.17, 15) is 32.7 Å². The minimum absolute atomic E-state index is 0.0663. The topological polar surface area (TPSA) is 107 Å². The van der Waals surface area contributed by atoms with Crippen molar-refractivity contribution in [3.05, 3.63) is 46.7 Å². The van der Waals surface area contributed by atoms with Crippen LogP contribution in [0.3, 0.4) is 0 Å². The van der Waals surface area contributed by atoms with Gasteiger partial charge in [0, 0.05) is 19.0 Å². The van der Waals surface area contributed by atoms with Gasteiger partial charge in [-0.1, -0.05) is 26.0 Å². The number of aliphatic carboxylic acids is 1. The third-order valence-corrected chi connectivity index (χ3v) is 4.61. The molecule has 1 aliphatic rings. The molecule has 0 saturated carbocycles. The van der Waals surface area contributed by atoms with E-state index in [1.165, 1.54) is 17.0 Å². The van der Waals surface area contributed by atoms with Gasteiger partial charge in [0.25, 0.3) is 11.8 Å². The molecule has 0 fully saturated rings. The molecule has 2 amide bonds. The van der Waals surface area contributed by atoms with E-state index in [2.05, 4.69) is 5.32 Å². The molecule has 0 radical (unpaired) electrons. The van der Waals surface area contributed by atoms with Crippen molar-refractivity contribution in [2.45, 2.75) is 26.6 Å². The summed E-state index contributed by atoms with van der Waals surface area (Å²) < 4.78 is 38.1. The van der Waals surface area contributed by atoms with Gasteiger partial charge in [-0.15, -0.1) is 0 Å². The summed E-state index contributed by atoms with van der Waals surface area (Å²) in [7, 11) is 0. The number of alkyl halides is 3. The Labute approximate surface area is 164 Å². The zero-order valence-corrected chi connectivity index (χ0v) is 15.8. The number of amides is 2. The molecule has 1 aliphatic heterocycles. The molecule has 0 saturated heterocycles. The van der Waals surface area contributed by atoms with E-state index >= 15 is 0 Å². The van der Waals surface area contributed by atoms with Gasteiger partial charge in [0.1, 0.15) is 17.9 Å². The van der Waals surface area contributed by atoms with Gasteiger partial charge in [-0.3, -0.25) is 14.4 Å². The number of carboxylic acid groups (broad SMARTS) is 1. The highest BCUT2D eigenvalue weighted by atomic mass is 19.4. The average molecular weight is 414 g/mol. The molecule has 0 aromatic heterocycles. The van der Waals surface area contributed by atoms with Gasteiger partial charge < -0.3 is 20.4 Å². The summed E-state index contributed by atoms with van der Waals surface area (Å²) in [6.07, 6.45) is -4.48. The third-order valence-electron chi connectivity index (χ3n) is 4.61. The summed E-state index contributed by atoms with van der Waals surface area (Å²) in [5.74, 6) is -4.30. The molecule has 1 unspecified atom stereocenters. The molecule has 10 heteroatoms. The second kappa shape index (κ2) is 8.54. The molecule has 3 N–H and O–H groups in total. The fourth-order valence-corrected chi connectivity index (χ4v) is 3.00. The summed E-state index contributed by atoms with van der Waals surface area (Å²) in [5, 5.41) is 21.2. The molecule has 1 aromatic carbocycles. The molecule has 0 aliphatic carbocycles. The predicted octanol–water partition coefficient (Wildman–Crippen LogP) is 2.33. The zero-order chi connectivity index (χ0) is 21.9. The van der Waals surface area contributed by atoms with E-state index < -0.39 is 53.3 Å². The maximum absolute atomic E-state index is 12.7. The van der Waals surface area contributed by atoms with Gasteiger partial charge in [-0.25, -0.2) is 0 Å². The Kier molecular flexibility index (Phi) is 6.55. The molecule has 1 aromatic rings. The standard InChI is InChI=1S/C19H21F3N2O5/c1-10(2)13-9-24(8-11-3-5-12(6-4-11)19(20,21)22)18(29)15(16(13)27)17(28)23-7-14(25)26/h3-6,10,13,27H,7-9H2,1-2H3,(H,23,28)(H,25,26). The molecule has 1 heterocycles. The Hall–Kier alpha value is -3.04. The predicted molar refractivity (Wildman–Crippen MR) is 95.5 cm³/mol. The van der Waals surface area contributed by atoms with Crippen LogP contribution in [0.4, 0.5) is 13.2 Å². The van der Waals surface area contributed by atoms with Gasteiger partial charge in [0.15, 0.2) is 0 Å². The number of rotatable bonds is 6. The number of aliphatic hydroxyl groups excluding tert-OH is 1. The highest BCUT2D eigenvalue weighted by Gasteiger charge is 2.39. The number of hydrogen-bond donors (Lipinski definition) is 3. The Morgan fingerprint density at radius 3 is 2.31 bits per heavy atom. The minimum Gasteiger partial charge on any atom is -0.511 e. The monoisotopic (exact) mass is 414 g/mol. The second-order valence-electron chi connectivity index (χ2n) is 7.07. The van der Waals surface area contributed by atoms with Gasteiger partial charge in [-0.05, 0) is 23.6 Å². The van der Waals surface area contributed by atoms with Crippen LogP contribution in [0.25, 0.3) is 0 Å². The number of carbonyl (C=O) groups is 3. The number of carboxylic acids is 1. The van der Waals surface area contributed by atoms with E-state index in [4.69, 9.17) is 5.11 Å². The van der Waals surface area contributed by atoms with E-state index in [1.54, 1.807) is 13.8 Å². The van der Waals surface area contributed by atoms with Crippen LogP contribution < -0.4 is 5.32 Å². The van der Waals surface area contributed by atoms with E-state index in [0.717, 1.165) is 12.1 Å². The number of halogens is 3. The van der Waals surface area contributed by atoms with Crippen molar-refractivity contribution in [1.29, 1.82) is 0 Å². The molecule has 0 bridgehead atoms.